The normalized spacial score (nSPS) is 12.9. The summed E-state index contributed by atoms with van der Waals surface area (Å²) in [5, 5.41) is 26.4. The number of aliphatic carboxylic acids is 1. The number of carbonyl (C=O) groups excluding carboxylic acids is 1. The van der Waals surface area contributed by atoms with E-state index in [4.69, 9.17) is 27.7 Å². The van der Waals surface area contributed by atoms with Crippen molar-refractivity contribution >= 4 is 35.1 Å². The Morgan fingerprint density at radius 3 is 2.38 bits per heavy atom. The van der Waals surface area contributed by atoms with Gasteiger partial charge in [0.25, 0.3) is 5.91 Å². The zero-order valence-corrected chi connectivity index (χ0v) is 16.4. The molecule has 2 atom stereocenters. The molecule has 29 heavy (non-hydrogen) atoms. The van der Waals surface area contributed by atoms with Gasteiger partial charge in [-0.05, 0) is 24.1 Å². The van der Waals surface area contributed by atoms with Crippen molar-refractivity contribution in [2.75, 3.05) is 0 Å². The maximum absolute atomic E-state index is 12.6. The van der Waals surface area contributed by atoms with Crippen molar-refractivity contribution in [1.82, 2.24) is 10.5 Å². The SMILES string of the molecule is O=C(N[C@H](Cc1ccccc1Cl)[C@@H](O)C(=O)O)c1cc(-c2ccccc2Cl)no1. The molecule has 0 aliphatic heterocycles. The minimum Gasteiger partial charge on any atom is -0.479 e. The molecule has 0 unspecified atom stereocenters. The number of hydrogen-bond donors (Lipinski definition) is 3. The highest BCUT2D eigenvalue weighted by atomic mass is 35.5. The van der Waals surface area contributed by atoms with Crippen molar-refractivity contribution in [2.24, 2.45) is 0 Å². The van der Waals surface area contributed by atoms with Gasteiger partial charge in [-0.3, -0.25) is 4.79 Å². The number of halogens is 2. The van der Waals surface area contributed by atoms with E-state index in [1.54, 1.807) is 48.5 Å². The molecule has 0 saturated heterocycles. The summed E-state index contributed by atoms with van der Waals surface area (Å²) >= 11 is 12.2. The Morgan fingerprint density at radius 2 is 1.72 bits per heavy atom. The number of hydrogen-bond acceptors (Lipinski definition) is 5. The number of nitrogens with one attached hydrogen (secondary N) is 1. The second-order valence-corrected chi connectivity index (χ2v) is 7.03. The molecule has 1 heterocycles. The molecule has 1 aromatic heterocycles. The highest BCUT2D eigenvalue weighted by Gasteiger charge is 2.29. The molecule has 0 saturated carbocycles. The van der Waals surface area contributed by atoms with E-state index in [-0.39, 0.29) is 12.2 Å². The summed E-state index contributed by atoms with van der Waals surface area (Å²) < 4.78 is 5.08. The highest BCUT2D eigenvalue weighted by molar-refractivity contribution is 6.33. The Labute approximate surface area is 175 Å². The first kappa shape index (κ1) is 20.9. The van der Waals surface area contributed by atoms with Crippen LogP contribution in [0, 0.1) is 0 Å². The molecule has 3 aromatic rings. The maximum atomic E-state index is 12.6. The van der Waals surface area contributed by atoms with Crippen LogP contribution in [0.5, 0.6) is 0 Å². The van der Waals surface area contributed by atoms with E-state index in [1.165, 1.54) is 6.07 Å². The number of nitrogens with zero attached hydrogens (tertiary/aromatic N) is 1. The van der Waals surface area contributed by atoms with Crippen LogP contribution in [-0.2, 0) is 11.2 Å². The summed E-state index contributed by atoms with van der Waals surface area (Å²) in [5.74, 6) is -2.36. The van der Waals surface area contributed by atoms with Gasteiger partial charge < -0.3 is 20.1 Å². The number of benzene rings is 2. The predicted molar refractivity (Wildman–Crippen MR) is 107 cm³/mol. The van der Waals surface area contributed by atoms with Gasteiger partial charge in [-0.15, -0.1) is 0 Å². The maximum Gasteiger partial charge on any atom is 0.334 e. The molecule has 0 fully saturated rings. The number of rotatable bonds is 7. The van der Waals surface area contributed by atoms with Crippen LogP contribution in [0.1, 0.15) is 16.1 Å². The number of carboxylic acid groups (broad SMARTS) is 1. The van der Waals surface area contributed by atoms with E-state index in [9.17, 15) is 19.8 Å². The Hall–Kier alpha value is -2.87. The Morgan fingerprint density at radius 1 is 1.07 bits per heavy atom. The van der Waals surface area contributed by atoms with Gasteiger partial charge in [0.05, 0.1) is 11.1 Å². The number of carboxylic acids is 1. The monoisotopic (exact) mass is 434 g/mol. The second-order valence-electron chi connectivity index (χ2n) is 6.21. The van der Waals surface area contributed by atoms with Crippen LogP contribution in [0.2, 0.25) is 10.0 Å². The van der Waals surface area contributed by atoms with E-state index in [2.05, 4.69) is 10.5 Å². The van der Waals surface area contributed by atoms with Crippen molar-refractivity contribution in [1.29, 1.82) is 0 Å². The van der Waals surface area contributed by atoms with E-state index in [1.807, 2.05) is 0 Å². The third-order valence-electron chi connectivity index (χ3n) is 4.23. The van der Waals surface area contributed by atoms with Crippen molar-refractivity contribution < 1.29 is 24.3 Å². The zero-order chi connectivity index (χ0) is 21.0. The topological polar surface area (TPSA) is 113 Å². The minimum absolute atomic E-state index is 0.00435. The average molecular weight is 435 g/mol. The fourth-order valence-corrected chi connectivity index (χ4v) is 3.18. The zero-order valence-electron chi connectivity index (χ0n) is 14.9. The smallest absolute Gasteiger partial charge is 0.334 e. The molecule has 0 aliphatic carbocycles. The molecule has 0 bridgehead atoms. The third-order valence-corrected chi connectivity index (χ3v) is 4.93. The van der Waals surface area contributed by atoms with Crippen LogP contribution in [0.4, 0.5) is 0 Å². The van der Waals surface area contributed by atoms with Crippen LogP contribution in [-0.4, -0.2) is 39.4 Å². The van der Waals surface area contributed by atoms with Gasteiger partial charge in [-0.25, -0.2) is 4.79 Å². The lowest BCUT2D eigenvalue weighted by Crippen LogP contribution is -2.48. The summed E-state index contributed by atoms with van der Waals surface area (Å²) in [4.78, 5) is 23.8. The van der Waals surface area contributed by atoms with Crippen molar-refractivity contribution in [3.05, 3.63) is 76.0 Å². The van der Waals surface area contributed by atoms with Gasteiger partial charge in [0.2, 0.25) is 5.76 Å². The third kappa shape index (κ3) is 4.95. The van der Waals surface area contributed by atoms with Gasteiger partial charge in [0.1, 0.15) is 5.69 Å². The van der Waals surface area contributed by atoms with Crippen LogP contribution in [0.3, 0.4) is 0 Å². The molecule has 150 valence electrons. The first-order chi connectivity index (χ1) is 13.9. The number of aliphatic hydroxyl groups is 1. The molecule has 9 heteroatoms. The number of amides is 1. The van der Waals surface area contributed by atoms with Gasteiger partial charge in [-0.1, -0.05) is 64.8 Å². The quantitative estimate of drug-likeness (QED) is 0.524. The summed E-state index contributed by atoms with van der Waals surface area (Å²) in [6.45, 7) is 0. The summed E-state index contributed by atoms with van der Waals surface area (Å²) in [6, 6.07) is 13.9. The fourth-order valence-electron chi connectivity index (χ4n) is 2.73. The molecule has 7 nitrogen and oxygen atoms in total. The predicted octanol–water partition coefficient (Wildman–Crippen LogP) is 3.44. The number of carbonyl (C=O) groups is 2. The second kappa shape index (κ2) is 9.09. The van der Waals surface area contributed by atoms with Crippen molar-refractivity contribution in [3.8, 4) is 11.3 Å². The van der Waals surface area contributed by atoms with E-state index in [0.29, 0.717) is 26.9 Å². The molecule has 0 radical (unpaired) electrons. The molecule has 3 rings (SSSR count). The van der Waals surface area contributed by atoms with Crippen LogP contribution < -0.4 is 5.32 Å². The van der Waals surface area contributed by atoms with Gasteiger partial charge in [0.15, 0.2) is 6.10 Å². The Kier molecular flexibility index (Phi) is 6.53. The van der Waals surface area contributed by atoms with Crippen LogP contribution >= 0.6 is 23.2 Å². The van der Waals surface area contributed by atoms with Crippen LogP contribution in [0.15, 0.2) is 59.1 Å². The number of aliphatic hydroxyl groups excluding tert-OH is 1. The molecule has 0 spiro atoms. The highest BCUT2D eigenvalue weighted by Crippen LogP contribution is 2.27. The van der Waals surface area contributed by atoms with Crippen molar-refractivity contribution in [2.45, 2.75) is 18.6 Å². The Bertz CT molecular complexity index is 1040. The van der Waals surface area contributed by atoms with E-state index < -0.39 is 24.0 Å². The lowest BCUT2D eigenvalue weighted by Gasteiger charge is -2.21. The summed E-state index contributed by atoms with van der Waals surface area (Å²) in [7, 11) is 0. The van der Waals surface area contributed by atoms with Gasteiger partial charge >= 0.3 is 5.97 Å². The summed E-state index contributed by atoms with van der Waals surface area (Å²) in [5.41, 5.74) is 1.51. The molecule has 1 amide bonds. The van der Waals surface area contributed by atoms with Crippen molar-refractivity contribution in [3.63, 3.8) is 0 Å². The lowest BCUT2D eigenvalue weighted by molar-refractivity contribution is -0.148. The largest absolute Gasteiger partial charge is 0.479 e. The minimum atomic E-state index is -1.85. The standard InChI is InChI=1S/C20H16Cl2N2O5/c21-13-7-3-1-5-11(13)9-16(18(25)20(27)28)23-19(26)17-10-15(24-29-17)12-6-2-4-8-14(12)22/h1-8,10,16,18,25H,9H2,(H,23,26)(H,27,28)/t16-,18-/m1/s1. The Balaban J connectivity index is 1.81. The summed E-state index contributed by atoms with van der Waals surface area (Å²) in [6.07, 6.45) is -1.84. The fraction of sp³-hybridized carbons (Fsp3) is 0.150. The van der Waals surface area contributed by atoms with Gasteiger partial charge in [-0.2, -0.15) is 0 Å². The molecule has 0 aliphatic rings. The van der Waals surface area contributed by atoms with E-state index in [0.717, 1.165) is 0 Å². The van der Waals surface area contributed by atoms with E-state index >= 15 is 0 Å². The number of aromatic nitrogens is 1. The average Bonchev–Trinajstić information content (AvgIpc) is 3.19. The van der Waals surface area contributed by atoms with Crippen LogP contribution in [0.25, 0.3) is 11.3 Å². The molecular formula is C20H16Cl2N2O5. The lowest BCUT2D eigenvalue weighted by atomic mass is 10.0. The molecular weight excluding hydrogens is 419 g/mol. The first-order valence-electron chi connectivity index (χ1n) is 8.53. The first-order valence-corrected chi connectivity index (χ1v) is 9.29. The molecule has 2 aromatic carbocycles. The van der Waals surface area contributed by atoms with Gasteiger partial charge in [0, 0.05) is 16.7 Å². The molecule has 3 N–H and O–H groups in total.